The fraction of sp³-hybridized carbons (Fsp3) is 0.632. The van der Waals surface area contributed by atoms with Crippen molar-refractivity contribution in [2.75, 3.05) is 34.8 Å². The lowest BCUT2D eigenvalue weighted by atomic mass is 10.1. The summed E-state index contributed by atoms with van der Waals surface area (Å²) in [5.41, 5.74) is 0.823. The summed E-state index contributed by atoms with van der Waals surface area (Å²) in [7, 11) is 7.36. The quantitative estimate of drug-likeness (QED) is 0.410. The van der Waals surface area contributed by atoms with Crippen LogP contribution in [-0.4, -0.2) is 103 Å². The molecule has 3 aliphatic rings. The minimum absolute atomic E-state index is 0.143. The Morgan fingerprint density at radius 3 is 2.64 bits per heavy atom. The first kappa shape index (κ1) is 20.7. The van der Waals surface area contributed by atoms with Gasteiger partial charge in [0.15, 0.2) is 12.0 Å². The van der Waals surface area contributed by atoms with E-state index in [9.17, 15) is 5.11 Å². The van der Waals surface area contributed by atoms with Crippen molar-refractivity contribution in [3.05, 3.63) is 23.7 Å². The average Bonchev–Trinajstić information content (AvgIpc) is 3.24. The molecule has 0 radical (unpaired) electrons. The van der Waals surface area contributed by atoms with Gasteiger partial charge in [-0.05, 0) is 24.9 Å². The van der Waals surface area contributed by atoms with Crippen molar-refractivity contribution in [3.63, 3.8) is 0 Å². The van der Waals surface area contributed by atoms with Crippen molar-refractivity contribution in [2.45, 2.75) is 44.2 Å². The highest BCUT2D eigenvalue weighted by molar-refractivity contribution is 6.04. The number of hydrogen-bond acceptors (Lipinski definition) is 6. The van der Waals surface area contributed by atoms with Crippen LogP contribution in [0.5, 0.6) is 0 Å². The molecule has 9 nitrogen and oxygen atoms in total. The zero-order valence-electron chi connectivity index (χ0n) is 17.4. The molecule has 0 aliphatic carbocycles. The van der Waals surface area contributed by atoms with Crippen LogP contribution in [-0.2, 0) is 14.2 Å². The Kier molecular flexibility index (Phi) is 5.72. The van der Waals surface area contributed by atoms with Gasteiger partial charge < -0.3 is 29.1 Å². The molecule has 3 rings (SSSR count). The summed E-state index contributed by atoms with van der Waals surface area (Å²) in [6.07, 6.45) is 3.92. The second-order valence-corrected chi connectivity index (χ2v) is 7.73. The van der Waals surface area contributed by atoms with Gasteiger partial charge in [-0.1, -0.05) is 0 Å². The summed E-state index contributed by atoms with van der Waals surface area (Å²) < 4.78 is 19.8. The Hall–Kier alpha value is -2.07. The van der Waals surface area contributed by atoms with Gasteiger partial charge in [0.1, 0.15) is 29.7 Å². The number of hydrogen-bond donors (Lipinski definition) is 1. The van der Waals surface area contributed by atoms with Crippen LogP contribution in [0.15, 0.2) is 33.7 Å². The molecule has 9 heteroatoms. The third-order valence-electron chi connectivity index (χ3n) is 4.69. The maximum atomic E-state index is 9.73. The molecular formula is C19H30N5O4+. The van der Waals surface area contributed by atoms with E-state index in [2.05, 4.69) is 16.7 Å². The van der Waals surface area contributed by atoms with Crippen LogP contribution in [0.25, 0.3) is 0 Å². The summed E-state index contributed by atoms with van der Waals surface area (Å²) in [6.45, 7) is 7.56. The number of nitrogens with zero attached hydrogens (tertiary/aromatic N) is 5. The largest absolute Gasteiger partial charge is 0.394 e. The van der Waals surface area contributed by atoms with Crippen LogP contribution >= 0.6 is 0 Å². The molecule has 2 saturated heterocycles. The SMILES string of the molecule is C=[N+](C)C(/N=C/N(C)C)=C1/C=CN([C@@H]2O[C@H](CO)[C@H]3OC(C)(C)O[C@H]32)/C1=N/C. The number of aliphatic hydroxyl groups is 1. The highest BCUT2D eigenvalue weighted by Gasteiger charge is 2.57. The summed E-state index contributed by atoms with van der Waals surface area (Å²) in [5, 5.41) is 9.73. The molecule has 0 aromatic carbocycles. The summed E-state index contributed by atoms with van der Waals surface area (Å²) in [6, 6.07) is 0. The Bertz CT molecular complexity index is 755. The molecule has 1 N–H and O–H groups in total. The lowest BCUT2D eigenvalue weighted by Gasteiger charge is -2.29. The van der Waals surface area contributed by atoms with E-state index in [0.717, 1.165) is 5.57 Å². The predicted molar refractivity (Wildman–Crippen MR) is 106 cm³/mol. The van der Waals surface area contributed by atoms with E-state index in [1.54, 1.807) is 18.0 Å². The van der Waals surface area contributed by atoms with E-state index in [1.165, 1.54) is 0 Å². The number of fused-ring (bicyclic) bond motifs is 1. The highest BCUT2D eigenvalue weighted by atomic mass is 16.8. The van der Waals surface area contributed by atoms with E-state index in [-0.39, 0.29) is 18.8 Å². The molecule has 0 aromatic rings. The molecule has 0 aromatic heterocycles. The van der Waals surface area contributed by atoms with Crippen LogP contribution in [0.4, 0.5) is 0 Å². The number of amidine groups is 1. The minimum Gasteiger partial charge on any atom is -0.394 e. The van der Waals surface area contributed by atoms with E-state index in [0.29, 0.717) is 11.7 Å². The van der Waals surface area contributed by atoms with Gasteiger partial charge in [-0.2, -0.15) is 0 Å². The fourth-order valence-corrected chi connectivity index (χ4v) is 3.63. The summed E-state index contributed by atoms with van der Waals surface area (Å²) >= 11 is 0. The van der Waals surface area contributed by atoms with Crippen LogP contribution in [0.2, 0.25) is 0 Å². The van der Waals surface area contributed by atoms with Gasteiger partial charge >= 0.3 is 5.82 Å². The Balaban J connectivity index is 1.94. The van der Waals surface area contributed by atoms with Gasteiger partial charge in [0.25, 0.3) is 0 Å². The van der Waals surface area contributed by atoms with E-state index < -0.39 is 18.1 Å². The lowest BCUT2D eigenvalue weighted by molar-refractivity contribution is -0.435. The number of aliphatic hydroxyl groups excluding tert-OH is 1. The van der Waals surface area contributed by atoms with Crippen molar-refractivity contribution in [1.29, 1.82) is 0 Å². The number of aliphatic imine (C=N–C) groups is 2. The first-order valence-corrected chi connectivity index (χ1v) is 9.23. The van der Waals surface area contributed by atoms with E-state index >= 15 is 0 Å². The first-order chi connectivity index (χ1) is 13.2. The molecule has 154 valence electrons. The van der Waals surface area contributed by atoms with Crippen LogP contribution in [0.3, 0.4) is 0 Å². The van der Waals surface area contributed by atoms with Crippen molar-refractivity contribution in [2.24, 2.45) is 9.98 Å². The van der Waals surface area contributed by atoms with Crippen LogP contribution < -0.4 is 0 Å². The molecule has 0 bridgehead atoms. The van der Waals surface area contributed by atoms with E-state index in [4.69, 9.17) is 14.2 Å². The second-order valence-electron chi connectivity index (χ2n) is 7.73. The minimum atomic E-state index is -0.731. The van der Waals surface area contributed by atoms with Gasteiger partial charge in [-0.25, -0.2) is 4.58 Å². The Morgan fingerprint density at radius 2 is 2.07 bits per heavy atom. The smallest absolute Gasteiger partial charge is 0.335 e. The molecule has 2 fully saturated rings. The third kappa shape index (κ3) is 3.75. The van der Waals surface area contributed by atoms with Crippen molar-refractivity contribution in [3.8, 4) is 0 Å². The number of ether oxygens (including phenoxy) is 3. The maximum Gasteiger partial charge on any atom is 0.335 e. The van der Waals surface area contributed by atoms with Gasteiger partial charge in [-0.15, -0.1) is 0 Å². The Morgan fingerprint density at radius 1 is 1.39 bits per heavy atom. The zero-order chi connectivity index (χ0) is 20.6. The molecule has 3 aliphatic heterocycles. The zero-order valence-corrected chi connectivity index (χ0v) is 17.4. The summed E-state index contributed by atoms with van der Waals surface area (Å²) in [4.78, 5) is 12.8. The van der Waals surface area contributed by atoms with Crippen LogP contribution in [0, 0.1) is 0 Å². The van der Waals surface area contributed by atoms with Crippen molar-refractivity contribution >= 4 is 18.9 Å². The molecule has 0 spiro atoms. The van der Waals surface area contributed by atoms with Crippen molar-refractivity contribution < 1.29 is 23.9 Å². The van der Waals surface area contributed by atoms with Gasteiger partial charge in [0, 0.05) is 27.3 Å². The fourth-order valence-electron chi connectivity index (χ4n) is 3.63. The highest BCUT2D eigenvalue weighted by Crippen LogP contribution is 2.41. The second kappa shape index (κ2) is 7.75. The molecular weight excluding hydrogens is 362 g/mol. The average molecular weight is 392 g/mol. The topological polar surface area (TPSA) is 82.1 Å². The lowest BCUT2D eigenvalue weighted by Crippen LogP contribution is -2.43. The predicted octanol–water partition coefficient (Wildman–Crippen LogP) is 0.226. The van der Waals surface area contributed by atoms with Gasteiger partial charge in [-0.3, -0.25) is 4.99 Å². The third-order valence-corrected chi connectivity index (χ3v) is 4.69. The Labute approximate surface area is 165 Å². The molecule has 28 heavy (non-hydrogen) atoms. The van der Waals surface area contributed by atoms with Crippen molar-refractivity contribution in [1.82, 2.24) is 9.80 Å². The van der Waals surface area contributed by atoms with E-state index in [1.807, 2.05) is 57.1 Å². The van der Waals surface area contributed by atoms with Crippen LogP contribution in [0.1, 0.15) is 13.8 Å². The normalized spacial score (nSPS) is 34.5. The first-order valence-electron chi connectivity index (χ1n) is 9.23. The molecule has 4 atom stereocenters. The monoisotopic (exact) mass is 392 g/mol. The van der Waals surface area contributed by atoms with Gasteiger partial charge in [0.05, 0.1) is 20.4 Å². The molecule has 0 amide bonds. The molecule has 3 heterocycles. The molecule has 0 unspecified atom stereocenters. The molecule has 0 saturated carbocycles. The number of rotatable bonds is 5. The maximum absolute atomic E-state index is 9.73. The summed E-state index contributed by atoms with van der Waals surface area (Å²) in [5.74, 6) is 0.632. The van der Waals surface area contributed by atoms with Gasteiger partial charge in [0.2, 0.25) is 6.34 Å². The standard InChI is InChI=1S/C19H30N5O4/c1-19(2)27-14-13(10-25)26-18(15(14)28-19)24-9-8-12(16(24)20-3)17(23(6)7)21-11-22(4)5/h8-9,11,13-15,18,25H,6,10H2,1-5,7H3/q+1/b17-12-,20-16+,21-11+/t13-,14-,15-,18-/m1/s1.